The first-order chi connectivity index (χ1) is 7.72. The maximum absolute atomic E-state index is 5.64. The molecule has 86 valence electrons. The zero-order chi connectivity index (χ0) is 11.5. The van der Waals surface area contributed by atoms with Crippen LogP contribution in [0.4, 0.5) is 0 Å². The zero-order valence-electron chi connectivity index (χ0n) is 9.96. The summed E-state index contributed by atoms with van der Waals surface area (Å²) in [5, 5.41) is 0. The van der Waals surface area contributed by atoms with Crippen LogP contribution in [0.5, 0.6) is 0 Å². The topological polar surface area (TPSA) is 54.7 Å². The molecule has 2 rings (SSSR count). The van der Waals surface area contributed by atoms with Crippen molar-refractivity contribution in [2.45, 2.75) is 26.7 Å². The number of aryl methyl sites for hydroxylation is 1. The normalized spacial score (nSPS) is 13.2. The van der Waals surface area contributed by atoms with E-state index in [0.717, 1.165) is 36.2 Å². The summed E-state index contributed by atoms with van der Waals surface area (Å²) in [4.78, 5) is 7.83. The molecule has 1 unspecified atom stereocenters. The fraction of sp³-hybridized carbons (Fsp3) is 0.462. The Hall–Kier alpha value is -1.35. The largest absolute Gasteiger partial charge is 0.342 e. The van der Waals surface area contributed by atoms with Crippen LogP contribution in [0.2, 0.25) is 0 Å². The van der Waals surface area contributed by atoms with E-state index in [4.69, 9.17) is 5.73 Å². The minimum absolute atomic E-state index is 0.533. The molecule has 2 aromatic rings. The molecular weight excluding hydrogens is 198 g/mol. The maximum atomic E-state index is 5.64. The van der Waals surface area contributed by atoms with Gasteiger partial charge in [0.2, 0.25) is 0 Å². The van der Waals surface area contributed by atoms with E-state index < -0.39 is 0 Å². The Balaban J connectivity index is 2.28. The highest BCUT2D eigenvalue weighted by molar-refractivity contribution is 5.75. The van der Waals surface area contributed by atoms with E-state index in [0.29, 0.717) is 5.92 Å². The number of aromatic amines is 1. The Morgan fingerprint density at radius 2 is 2.25 bits per heavy atom. The van der Waals surface area contributed by atoms with Crippen molar-refractivity contribution in [3.8, 4) is 0 Å². The number of H-pyrrole nitrogens is 1. The third kappa shape index (κ3) is 2.25. The number of imidazole rings is 1. The van der Waals surface area contributed by atoms with Crippen LogP contribution < -0.4 is 5.73 Å². The molecule has 16 heavy (non-hydrogen) atoms. The van der Waals surface area contributed by atoms with Gasteiger partial charge in [0.05, 0.1) is 11.0 Å². The van der Waals surface area contributed by atoms with E-state index in [2.05, 4.69) is 42.0 Å². The Bertz CT molecular complexity index is 473. The van der Waals surface area contributed by atoms with Gasteiger partial charge in [0.15, 0.2) is 0 Å². The van der Waals surface area contributed by atoms with Crippen molar-refractivity contribution in [2.24, 2.45) is 11.7 Å². The molecule has 0 aliphatic carbocycles. The number of rotatable bonds is 4. The molecule has 0 aliphatic heterocycles. The van der Waals surface area contributed by atoms with Crippen LogP contribution in [0, 0.1) is 5.92 Å². The number of aromatic nitrogens is 2. The SMILES string of the molecule is CCc1nc2ccc(CC(C)CN)cc2[nH]1. The van der Waals surface area contributed by atoms with Crippen molar-refractivity contribution >= 4 is 11.0 Å². The first-order valence-corrected chi connectivity index (χ1v) is 5.90. The Labute approximate surface area is 96.1 Å². The van der Waals surface area contributed by atoms with Crippen molar-refractivity contribution in [1.82, 2.24) is 9.97 Å². The number of hydrogen-bond acceptors (Lipinski definition) is 2. The van der Waals surface area contributed by atoms with Crippen LogP contribution in [-0.4, -0.2) is 16.5 Å². The summed E-state index contributed by atoms with van der Waals surface area (Å²) in [5.41, 5.74) is 9.16. The molecule has 0 amide bonds. The summed E-state index contributed by atoms with van der Waals surface area (Å²) >= 11 is 0. The lowest BCUT2D eigenvalue weighted by Crippen LogP contribution is -2.12. The smallest absolute Gasteiger partial charge is 0.106 e. The van der Waals surface area contributed by atoms with Crippen molar-refractivity contribution in [1.29, 1.82) is 0 Å². The lowest BCUT2D eigenvalue weighted by molar-refractivity contribution is 0.593. The molecule has 0 fully saturated rings. The van der Waals surface area contributed by atoms with E-state index in [9.17, 15) is 0 Å². The van der Waals surface area contributed by atoms with Gasteiger partial charge in [-0.3, -0.25) is 0 Å². The fourth-order valence-corrected chi connectivity index (χ4v) is 1.89. The summed E-state index contributed by atoms with van der Waals surface area (Å²) in [7, 11) is 0. The van der Waals surface area contributed by atoms with Gasteiger partial charge < -0.3 is 10.7 Å². The van der Waals surface area contributed by atoms with Gasteiger partial charge in [-0.2, -0.15) is 0 Å². The molecule has 3 heteroatoms. The van der Waals surface area contributed by atoms with Gasteiger partial charge in [-0.05, 0) is 36.6 Å². The second kappa shape index (κ2) is 4.66. The number of fused-ring (bicyclic) bond motifs is 1. The average molecular weight is 217 g/mol. The summed E-state index contributed by atoms with van der Waals surface area (Å²) in [5.74, 6) is 1.59. The monoisotopic (exact) mass is 217 g/mol. The quantitative estimate of drug-likeness (QED) is 0.825. The molecule has 1 heterocycles. The fourth-order valence-electron chi connectivity index (χ4n) is 1.89. The van der Waals surface area contributed by atoms with Crippen molar-refractivity contribution in [3.63, 3.8) is 0 Å². The van der Waals surface area contributed by atoms with Crippen LogP contribution in [-0.2, 0) is 12.8 Å². The molecule has 0 bridgehead atoms. The van der Waals surface area contributed by atoms with E-state index >= 15 is 0 Å². The number of nitrogens with zero attached hydrogens (tertiary/aromatic N) is 1. The van der Waals surface area contributed by atoms with Crippen LogP contribution >= 0.6 is 0 Å². The summed E-state index contributed by atoms with van der Waals surface area (Å²) in [6.07, 6.45) is 1.98. The molecule has 0 radical (unpaired) electrons. The number of nitrogens with one attached hydrogen (secondary N) is 1. The predicted octanol–water partition coefficient (Wildman–Crippen LogP) is 2.26. The van der Waals surface area contributed by atoms with Crippen LogP contribution in [0.25, 0.3) is 11.0 Å². The molecule has 0 aliphatic rings. The molecule has 1 aromatic carbocycles. The average Bonchev–Trinajstić information content (AvgIpc) is 2.71. The first-order valence-electron chi connectivity index (χ1n) is 5.90. The third-order valence-corrected chi connectivity index (χ3v) is 2.92. The number of nitrogens with two attached hydrogens (primary N) is 1. The molecule has 3 nitrogen and oxygen atoms in total. The Morgan fingerprint density at radius 3 is 2.94 bits per heavy atom. The van der Waals surface area contributed by atoms with Gasteiger partial charge in [-0.25, -0.2) is 4.98 Å². The van der Waals surface area contributed by atoms with Gasteiger partial charge >= 0.3 is 0 Å². The highest BCUT2D eigenvalue weighted by Crippen LogP contribution is 2.16. The van der Waals surface area contributed by atoms with E-state index in [1.165, 1.54) is 5.56 Å². The van der Waals surface area contributed by atoms with E-state index in [1.807, 2.05) is 0 Å². The summed E-state index contributed by atoms with van der Waals surface area (Å²) in [6, 6.07) is 6.42. The molecule has 0 spiro atoms. The van der Waals surface area contributed by atoms with Crippen molar-refractivity contribution in [2.75, 3.05) is 6.54 Å². The highest BCUT2D eigenvalue weighted by atomic mass is 14.9. The summed E-state index contributed by atoms with van der Waals surface area (Å²) < 4.78 is 0. The Kier molecular flexibility index (Phi) is 3.25. The second-order valence-electron chi connectivity index (χ2n) is 4.43. The standard InChI is InChI=1S/C13H19N3/c1-3-13-15-11-5-4-10(6-9(2)8-14)7-12(11)16-13/h4-5,7,9H,3,6,8,14H2,1-2H3,(H,15,16). The van der Waals surface area contributed by atoms with E-state index in [-0.39, 0.29) is 0 Å². The van der Waals surface area contributed by atoms with Gasteiger partial charge in [0.25, 0.3) is 0 Å². The van der Waals surface area contributed by atoms with Crippen molar-refractivity contribution < 1.29 is 0 Å². The highest BCUT2D eigenvalue weighted by Gasteiger charge is 2.05. The minimum atomic E-state index is 0.533. The molecule has 0 saturated heterocycles. The predicted molar refractivity (Wildman–Crippen MR) is 67.4 cm³/mol. The maximum Gasteiger partial charge on any atom is 0.106 e. The van der Waals surface area contributed by atoms with Gasteiger partial charge in [-0.15, -0.1) is 0 Å². The Morgan fingerprint density at radius 1 is 1.44 bits per heavy atom. The molecular formula is C13H19N3. The minimum Gasteiger partial charge on any atom is -0.342 e. The summed E-state index contributed by atoms with van der Waals surface area (Å²) in [6.45, 7) is 5.02. The third-order valence-electron chi connectivity index (χ3n) is 2.92. The van der Waals surface area contributed by atoms with Crippen molar-refractivity contribution in [3.05, 3.63) is 29.6 Å². The van der Waals surface area contributed by atoms with Gasteiger partial charge in [0, 0.05) is 6.42 Å². The van der Waals surface area contributed by atoms with Gasteiger partial charge in [0.1, 0.15) is 5.82 Å². The van der Waals surface area contributed by atoms with Crippen LogP contribution in [0.1, 0.15) is 25.2 Å². The molecule has 0 saturated carbocycles. The van der Waals surface area contributed by atoms with Crippen LogP contribution in [0.3, 0.4) is 0 Å². The van der Waals surface area contributed by atoms with Gasteiger partial charge in [-0.1, -0.05) is 19.9 Å². The van der Waals surface area contributed by atoms with E-state index in [1.54, 1.807) is 0 Å². The molecule has 1 atom stereocenters. The number of hydrogen-bond donors (Lipinski definition) is 2. The lowest BCUT2D eigenvalue weighted by Gasteiger charge is -2.07. The molecule has 1 aromatic heterocycles. The van der Waals surface area contributed by atoms with Crippen LogP contribution in [0.15, 0.2) is 18.2 Å². The molecule has 3 N–H and O–H groups in total. The lowest BCUT2D eigenvalue weighted by atomic mass is 10.0. The zero-order valence-corrected chi connectivity index (χ0v) is 9.96. The first kappa shape index (κ1) is 11.1. The second-order valence-corrected chi connectivity index (χ2v) is 4.43. The number of benzene rings is 1.